The summed E-state index contributed by atoms with van der Waals surface area (Å²) in [6, 6.07) is 1.61. The number of carboxylic acid groups (broad SMARTS) is 1. The average molecular weight is 357 g/mol. The van der Waals surface area contributed by atoms with Crippen molar-refractivity contribution in [2.24, 2.45) is 5.41 Å². The average Bonchev–Trinajstić information content (AvgIpc) is 3.07. The highest BCUT2D eigenvalue weighted by Gasteiger charge is 2.52. The van der Waals surface area contributed by atoms with Crippen molar-refractivity contribution in [1.82, 2.24) is 4.31 Å². The molecule has 0 amide bonds. The van der Waals surface area contributed by atoms with E-state index in [-0.39, 0.29) is 11.5 Å². The van der Waals surface area contributed by atoms with Crippen molar-refractivity contribution < 1.29 is 27.4 Å². The molecule has 0 aromatic heterocycles. The molecule has 8 heteroatoms. The Kier molecular flexibility index (Phi) is 4.08. The lowest BCUT2D eigenvalue weighted by molar-refractivity contribution is 0.0696. The van der Waals surface area contributed by atoms with Crippen LogP contribution in [0, 0.1) is 11.2 Å². The maximum absolute atomic E-state index is 14.2. The minimum atomic E-state index is -4.05. The topological polar surface area (TPSA) is 83.9 Å². The molecule has 2 fully saturated rings. The largest absolute Gasteiger partial charge is 0.492 e. The number of aromatic carboxylic acids is 1. The van der Waals surface area contributed by atoms with Gasteiger partial charge in [0.1, 0.15) is 4.90 Å². The Bertz CT molecular complexity index is 788. The van der Waals surface area contributed by atoms with Crippen LogP contribution in [0.1, 0.15) is 43.0 Å². The third-order valence-electron chi connectivity index (χ3n) is 5.09. The number of nitrogens with zero attached hydrogens (tertiary/aromatic N) is 1. The van der Waals surface area contributed by atoms with Crippen LogP contribution >= 0.6 is 0 Å². The number of carboxylic acids is 1. The smallest absolute Gasteiger partial charge is 0.335 e. The molecule has 1 aliphatic heterocycles. The predicted octanol–water partition coefficient (Wildman–Crippen LogP) is 2.49. The first-order valence-corrected chi connectivity index (χ1v) is 9.27. The molecule has 132 valence electrons. The van der Waals surface area contributed by atoms with Gasteiger partial charge in [-0.05, 0) is 43.2 Å². The second-order valence-electron chi connectivity index (χ2n) is 6.72. The molecule has 6 nitrogen and oxygen atoms in total. The molecule has 2 aliphatic rings. The molecule has 1 heterocycles. The fourth-order valence-corrected chi connectivity index (χ4v) is 5.47. The minimum absolute atomic E-state index is 0.0419. The third kappa shape index (κ3) is 2.67. The fourth-order valence-electron chi connectivity index (χ4n) is 3.46. The van der Waals surface area contributed by atoms with Gasteiger partial charge in [0.2, 0.25) is 10.0 Å². The van der Waals surface area contributed by atoms with Crippen molar-refractivity contribution in [1.29, 1.82) is 0 Å². The first-order valence-electron chi connectivity index (χ1n) is 7.83. The highest BCUT2D eigenvalue weighted by molar-refractivity contribution is 7.89. The second-order valence-corrected chi connectivity index (χ2v) is 8.58. The van der Waals surface area contributed by atoms with Gasteiger partial charge in [-0.2, -0.15) is 4.31 Å². The van der Waals surface area contributed by atoms with E-state index in [1.807, 2.05) is 0 Å². The molecule has 1 N–H and O–H groups in total. The fraction of sp³-hybridized carbons (Fsp3) is 0.562. The van der Waals surface area contributed by atoms with E-state index in [1.54, 1.807) is 0 Å². The summed E-state index contributed by atoms with van der Waals surface area (Å²) in [7, 11) is -2.88. The number of ether oxygens (including phenoxy) is 1. The first-order chi connectivity index (χ1) is 11.2. The van der Waals surface area contributed by atoms with Gasteiger partial charge in [-0.3, -0.25) is 0 Å². The standard InChI is InChI=1S/C16H20FNO5S/c1-16(5-6-16)13-4-3-7-18(13)24(21,22)12-9-10(15(19)20)8-11(17)14(12)23-2/h8-9,13H,3-7H2,1-2H3,(H,19,20). The molecule has 1 aliphatic carbocycles. The summed E-state index contributed by atoms with van der Waals surface area (Å²) >= 11 is 0. The van der Waals surface area contributed by atoms with Gasteiger partial charge in [-0.25, -0.2) is 17.6 Å². The Labute approximate surface area is 140 Å². The van der Waals surface area contributed by atoms with Crippen LogP contribution in [-0.4, -0.2) is 43.5 Å². The van der Waals surface area contributed by atoms with Crippen LogP contribution in [-0.2, 0) is 10.0 Å². The van der Waals surface area contributed by atoms with E-state index in [4.69, 9.17) is 9.84 Å². The van der Waals surface area contributed by atoms with Crippen molar-refractivity contribution in [2.75, 3.05) is 13.7 Å². The number of hydrogen-bond acceptors (Lipinski definition) is 4. The molecule has 3 rings (SSSR count). The molecule has 1 unspecified atom stereocenters. The Morgan fingerprint density at radius 3 is 2.62 bits per heavy atom. The summed E-state index contributed by atoms with van der Waals surface area (Å²) in [5.41, 5.74) is -0.458. The maximum atomic E-state index is 14.2. The van der Waals surface area contributed by atoms with E-state index >= 15 is 0 Å². The van der Waals surface area contributed by atoms with Crippen LogP contribution in [0.2, 0.25) is 0 Å². The number of halogens is 1. The van der Waals surface area contributed by atoms with Crippen LogP contribution in [0.4, 0.5) is 4.39 Å². The van der Waals surface area contributed by atoms with Gasteiger partial charge in [-0.1, -0.05) is 6.92 Å². The molecule has 1 saturated heterocycles. The highest BCUT2D eigenvalue weighted by Crippen LogP contribution is 2.54. The summed E-state index contributed by atoms with van der Waals surface area (Å²) in [6.07, 6.45) is 3.43. The van der Waals surface area contributed by atoms with Crippen LogP contribution in [0.25, 0.3) is 0 Å². The van der Waals surface area contributed by atoms with Crippen LogP contribution in [0.15, 0.2) is 17.0 Å². The van der Waals surface area contributed by atoms with Gasteiger partial charge in [0, 0.05) is 12.6 Å². The van der Waals surface area contributed by atoms with Crippen molar-refractivity contribution in [3.05, 3.63) is 23.5 Å². The molecule has 0 spiro atoms. The Balaban J connectivity index is 2.11. The van der Waals surface area contributed by atoms with Gasteiger partial charge in [0.15, 0.2) is 11.6 Å². The van der Waals surface area contributed by atoms with E-state index < -0.39 is 38.0 Å². The number of methoxy groups -OCH3 is 1. The highest BCUT2D eigenvalue weighted by atomic mass is 32.2. The summed E-state index contributed by atoms with van der Waals surface area (Å²) in [4.78, 5) is 10.8. The lowest BCUT2D eigenvalue weighted by Gasteiger charge is -2.29. The predicted molar refractivity (Wildman–Crippen MR) is 84.2 cm³/mol. The molecule has 0 radical (unpaired) electrons. The minimum Gasteiger partial charge on any atom is -0.492 e. The number of benzene rings is 1. The Hall–Kier alpha value is -1.67. The van der Waals surface area contributed by atoms with E-state index in [0.29, 0.717) is 6.54 Å². The summed E-state index contributed by atoms with van der Waals surface area (Å²) in [5.74, 6) is -2.82. The molecule has 24 heavy (non-hydrogen) atoms. The molecule has 1 saturated carbocycles. The lowest BCUT2D eigenvalue weighted by Crippen LogP contribution is -2.40. The van der Waals surface area contributed by atoms with Gasteiger partial charge >= 0.3 is 5.97 Å². The lowest BCUT2D eigenvalue weighted by atomic mass is 9.98. The molecule has 1 aromatic rings. The van der Waals surface area contributed by atoms with E-state index in [1.165, 1.54) is 11.4 Å². The first kappa shape index (κ1) is 17.2. The monoisotopic (exact) mass is 357 g/mol. The van der Waals surface area contributed by atoms with Crippen molar-refractivity contribution in [2.45, 2.75) is 43.5 Å². The second kappa shape index (κ2) is 5.70. The summed E-state index contributed by atoms with van der Waals surface area (Å²) in [6.45, 7) is 2.40. The molecular weight excluding hydrogens is 337 g/mol. The van der Waals surface area contributed by atoms with Gasteiger partial charge < -0.3 is 9.84 Å². The normalized spacial score (nSPS) is 23.2. The Morgan fingerprint density at radius 1 is 1.42 bits per heavy atom. The van der Waals surface area contributed by atoms with Crippen LogP contribution < -0.4 is 4.74 Å². The zero-order valence-corrected chi connectivity index (χ0v) is 14.4. The van der Waals surface area contributed by atoms with Crippen LogP contribution in [0.5, 0.6) is 5.75 Å². The number of carbonyl (C=O) groups is 1. The van der Waals surface area contributed by atoms with Crippen molar-refractivity contribution >= 4 is 16.0 Å². The number of sulfonamides is 1. The number of rotatable bonds is 5. The van der Waals surface area contributed by atoms with E-state index in [9.17, 15) is 17.6 Å². The van der Waals surface area contributed by atoms with Crippen molar-refractivity contribution in [3.63, 3.8) is 0 Å². The summed E-state index contributed by atoms with van der Waals surface area (Å²) < 4.78 is 46.7. The summed E-state index contributed by atoms with van der Waals surface area (Å²) in [5, 5.41) is 9.10. The van der Waals surface area contributed by atoms with E-state index in [0.717, 1.165) is 37.8 Å². The van der Waals surface area contributed by atoms with Gasteiger partial charge in [0.05, 0.1) is 12.7 Å². The third-order valence-corrected chi connectivity index (χ3v) is 7.01. The van der Waals surface area contributed by atoms with E-state index in [2.05, 4.69) is 6.92 Å². The zero-order valence-electron chi connectivity index (χ0n) is 13.6. The zero-order chi connectivity index (χ0) is 17.7. The van der Waals surface area contributed by atoms with Crippen molar-refractivity contribution in [3.8, 4) is 5.75 Å². The SMILES string of the molecule is COc1c(F)cc(C(=O)O)cc1S(=O)(=O)N1CCCC1C1(C)CC1. The van der Waals surface area contributed by atoms with Gasteiger partial charge in [-0.15, -0.1) is 0 Å². The van der Waals surface area contributed by atoms with Crippen LogP contribution in [0.3, 0.4) is 0 Å². The molecule has 0 bridgehead atoms. The molecule has 1 atom stereocenters. The quantitative estimate of drug-likeness (QED) is 0.875. The Morgan fingerprint density at radius 2 is 2.08 bits per heavy atom. The number of hydrogen-bond donors (Lipinski definition) is 1. The maximum Gasteiger partial charge on any atom is 0.335 e. The van der Waals surface area contributed by atoms with Gasteiger partial charge in [0.25, 0.3) is 0 Å². The molecule has 1 aromatic carbocycles. The molecular formula is C16H20FNO5S.